The fraction of sp³-hybridized carbons (Fsp3) is 0.350. The highest BCUT2D eigenvalue weighted by atomic mass is 16.2. The first kappa shape index (κ1) is 17.3. The Bertz CT molecular complexity index is 906. The summed E-state index contributed by atoms with van der Waals surface area (Å²) in [7, 11) is 0. The number of rotatable bonds is 4. The summed E-state index contributed by atoms with van der Waals surface area (Å²) in [6.45, 7) is 3.99. The minimum Gasteiger partial charge on any atom is -0.337 e. The molecule has 7 heteroatoms. The third kappa shape index (κ3) is 3.86. The van der Waals surface area contributed by atoms with Crippen LogP contribution < -0.4 is 0 Å². The number of hydrogen-bond donors (Lipinski definition) is 0. The molecule has 0 aromatic carbocycles. The summed E-state index contributed by atoms with van der Waals surface area (Å²) in [6, 6.07) is 4.00. The first-order valence-electron chi connectivity index (χ1n) is 9.18. The second kappa shape index (κ2) is 7.65. The van der Waals surface area contributed by atoms with Gasteiger partial charge in [0.15, 0.2) is 0 Å². The van der Waals surface area contributed by atoms with E-state index in [-0.39, 0.29) is 11.8 Å². The van der Waals surface area contributed by atoms with E-state index in [0.29, 0.717) is 12.2 Å². The van der Waals surface area contributed by atoms with Gasteiger partial charge >= 0.3 is 0 Å². The van der Waals surface area contributed by atoms with Crippen LogP contribution in [0.4, 0.5) is 0 Å². The van der Waals surface area contributed by atoms with Gasteiger partial charge in [0.05, 0.1) is 18.4 Å². The van der Waals surface area contributed by atoms with Crippen molar-refractivity contribution < 1.29 is 4.79 Å². The van der Waals surface area contributed by atoms with Crippen molar-refractivity contribution in [2.24, 2.45) is 0 Å². The second-order valence-corrected chi connectivity index (χ2v) is 6.91. The van der Waals surface area contributed by atoms with Crippen molar-refractivity contribution >= 4 is 5.91 Å². The zero-order chi connectivity index (χ0) is 18.6. The molecule has 1 fully saturated rings. The van der Waals surface area contributed by atoms with Crippen molar-refractivity contribution in [1.82, 2.24) is 29.4 Å². The van der Waals surface area contributed by atoms with Crippen LogP contribution in [0, 0.1) is 6.92 Å². The molecule has 0 saturated carbocycles. The summed E-state index contributed by atoms with van der Waals surface area (Å²) < 4.78 is 2.15. The topological polar surface area (TPSA) is 76.8 Å². The molecule has 7 nitrogen and oxygen atoms in total. The summed E-state index contributed by atoms with van der Waals surface area (Å²) in [5, 5.41) is 0. The third-order valence-electron chi connectivity index (χ3n) is 4.90. The number of hydrogen-bond acceptors (Lipinski definition) is 5. The Morgan fingerprint density at radius 3 is 2.89 bits per heavy atom. The molecule has 3 aromatic rings. The van der Waals surface area contributed by atoms with Crippen molar-refractivity contribution in [2.75, 3.05) is 13.1 Å². The van der Waals surface area contributed by atoms with E-state index in [4.69, 9.17) is 0 Å². The molecule has 1 saturated heterocycles. The summed E-state index contributed by atoms with van der Waals surface area (Å²) in [5.74, 6) is 1.18. The van der Waals surface area contributed by atoms with E-state index in [0.717, 1.165) is 43.0 Å². The fourth-order valence-corrected chi connectivity index (χ4v) is 3.54. The number of imidazole rings is 1. The monoisotopic (exact) mass is 362 g/mol. The first-order chi connectivity index (χ1) is 13.2. The van der Waals surface area contributed by atoms with E-state index in [2.05, 4.69) is 30.6 Å². The van der Waals surface area contributed by atoms with Crippen LogP contribution >= 0.6 is 0 Å². The van der Waals surface area contributed by atoms with Crippen molar-refractivity contribution in [3.05, 3.63) is 72.1 Å². The molecule has 4 rings (SSSR count). The van der Waals surface area contributed by atoms with Gasteiger partial charge in [0.2, 0.25) is 0 Å². The van der Waals surface area contributed by atoms with Crippen LogP contribution in [0.3, 0.4) is 0 Å². The lowest BCUT2D eigenvalue weighted by molar-refractivity contribution is 0.0697. The lowest BCUT2D eigenvalue weighted by atomic mass is 9.96. The summed E-state index contributed by atoms with van der Waals surface area (Å²) in [6.07, 6.45) is 12.6. The zero-order valence-corrected chi connectivity index (χ0v) is 15.3. The number of piperidine rings is 1. The number of aryl methyl sites for hydroxylation is 1. The molecular formula is C20H22N6O. The molecule has 0 spiro atoms. The molecule has 0 unspecified atom stereocenters. The Morgan fingerprint density at radius 1 is 1.19 bits per heavy atom. The molecule has 0 N–H and O–H groups in total. The zero-order valence-electron chi connectivity index (χ0n) is 15.3. The van der Waals surface area contributed by atoms with Gasteiger partial charge in [-0.2, -0.15) is 0 Å². The average molecular weight is 362 g/mol. The van der Waals surface area contributed by atoms with Crippen LogP contribution in [0.25, 0.3) is 0 Å². The minimum atomic E-state index is -0.0578. The normalized spacial score (nSPS) is 17.1. The van der Waals surface area contributed by atoms with E-state index < -0.39 is 0 Å². The van der Waals surface area contributed by atoms with Crippen LogP contribution in [-0.4, -0.2) is 48.4 Å². The standard InChI is InChI=1S/C20H22N6O/c1-15-10-24-18(12-23-15)20(27)26-8-3-5-17(14-26)19-22-7-9-25(19)13-16-4-2-6-21-11-16/h2,4,6-7,9-12,17H,3,5,8,13-14H2,1H3/t17-/m1/s1. The van der Waals surface area contributed by atoms with Crippen molar-refractivity contribution in [3.63, 3.8) is 0 Å². The van der Waals surface area contributed by atoms with Crippen LogP contribution in [0.1, 0.15) is 46.3 Å². The summed E-state index contributed by atoms with van der Waals surface area (Å²) in [5.41, 5.74) is 2.34. The van der Waals surface area contributed by atoms with Gasteiger partial charge in [-0.3, -0.25) is 14.8 Å². The molecule has 1 amide bonds. The first-order valence-corrected chi connectivity index (χ1v) is 9.18. The second-order valence-electron chi connectivity index (χ2n) is 6.91. The number of carbonyl (C=O) groups excluding carboxylic acids is 1. The Kier molecular flexibility index (Phi) is 4.91. The number of aromatic nitrogens is 5. The highest BCUT2D eigenvalue weighted by molar-refractivity contribution is 5.92. The van der Waals surface area contributed by atoms with E-state index in [9.17, 15) is 4.79 Å². The smallest absolute Gasteiger partial charge is 0.274 e. The van der Waals surface area contributed by atoms with Crippen LogP contribution in [0.5, 0.6) is 0 Å². The summed E-state index contributed by atoms with van der Waals surface area (Å²) in [4.78, 5) is 31.9. The Balaban J connectivity index is 1.50. The lowest BCUT2D eigenvalue weighted by Gasteiger charge is -2.32. The molecule has 27 heavy (non-hydrogen) atoms. The van der Waals surface area contributed by atoms with E-state index in [1.54, 1.807) is 18.6 Å². The van der Waals surface area contributed by atoms with Gasteiger partial charge in [-0.1, -0.05) is 6.07 Å². The third-order valence-corrected chi connectivity index (χ3v) is 4.90. The Morgan fingerprint density at radius 2 is 2.11 bits per heavy atom. The van der Waals surface area contributed by atoms with E-state index in [1.165, 1.54) is 0 Å². The van der Waals surface area contributed by atoms with Gasteiger partial charge in [-0.05, 0) is 31.4 Å². The average Bonchev–Trinajstić information content (AvgIpc) is 3.17. The number of likely N-dealkylation sites (tertiary alicyclic amines) is 1. The number of carbonyl (C=O) groups is 1. The van der Waals surface area contributed by atoms with Crippen LogP contribution in [0.2, 0.25) is 0 Å². The van der Waals surface area contributed by atoms with Crippen molar-refractivity contribution in [1.29, 1.82) is 0 Å². The number of nitrogens with zero attached hydrogens (tertiary/aromatic N) is 6. The highest BCUT2D eigenvalue weighted by Gasteiger charge is 2.28. The predicted molar refractivity (Wildman–Crippen MR) is 100 cm³/mol. The number of pyridine rings is 1. The quantitative estimate of drug-likeness (QED) is 0.712. The Labute approximate surface area is 158 Å². The molecule has 1 aliphatic heterocycles. The van der Waals surface area contributed by atoms with Crippen LogP contribution in [0.15, 0.2) is 49.3 Å². The molecule has 3 aromatic heterocycles. The molecule has 1 atom stereocenters. The Hall–Kier alpha value is -3.09. The highest BCUT2D eigenvalue weighted by Crippen LogP contribution is 2.27. The minimum absolute atomic E-state index is 0.0578. The molecule has 0 bridgehead atoms. The predicted octanol–water partition coefficient (Wildman–Crippen LogP) is 2.44. The maximum atomic E-state index is 12.8. The fourth-order valence-electron chi connectivity index (χ4n) is 3.54. The largest absolute Gasteiger partial charge is 0.337 e. The van der Waals surface area contributed by atoms with Gasteiger partial charge in [0.25, 0.3) is 5.91 Å². The molecule has 0 aliphatic carbocycles. The van der Waals surface area contributed by atoms with Gasteiger partial charge in [-0.15, -0.1) is 0 Å². The van der Waals surface area contributed by atoms with Gasteiger partial charge < -0.3 is 9.47 Å². The van der Waals surface area contributed by atoms with Gasteiger partial charge in [0, 0.05) is 50.0 Å². The van der Waals surface area contributed by atoms with Crippen molar-refractivity contribution in [2.45, 2.75) is 32.2 Å². The van der Waals surface area contributed by atoms with Crippen LogP contribution in [-0.2, 0) is 6.54 Å². The molecule has 0 radical (unpaired) electrons. The molecule has 138 valence electrons. The lowest BCUT2D eigenvalue weighted by Crippen LogP contribution is -2.40. The van der Waals surface area contributed by atoms with E-state index in [1.807, 2.05) is 36.5 Å². The van der Waals surface area contributed by atoms with Crippen molar-refractivity contribution in [3.8, 4) is 0 Å². The molecular weight excluding hydrogens is 340 g/mol. The van der Waals surface area contributed by atoms with Gasteiger partial charge in [0.1, 0.15) is 11.5 Å². The molecule has 4 heterocycles. The SMILES string of the molecule is Cc1cnc(C(=O)N2CCC[C@@H](c3nccn3Cc3cccnc3)C2)cn1. The summed E-state index contributed by atoms with van der Waals surface area (Å²) >= 11 is 0. The maximum Gasteiger partial charge on any atom is 0.274 e. The van der Waals surface area contributed by atoms with E-state index >= 15 is 0 Å². The number of amides is 1. The molecule has 1 aliphatic rings. The van der Waals surface area contributed by atoms with Gasteiger partial charge in [-0.25, -0.2) is 9.97 Å². The maximum absolute atomic E-state index is 12.8.